The van der Waals surface area contributed by atoms with Crippen LogP contribution in [0.15, 0.2) is 30.3 Å². The van der Waals surface area contributed by atoms with Gasteiger partial charge in [-0.1, -0.05) is 30.3 Å². The summed E-state index contributed by atoms with van der Waals surface area (Å²) in [6, 6.07) is 10.6. The van der Waals surface area contributed by atoms with E-state index in [0.717, 1.165) is 30.9 Å². The summed E-state index contributed by atoms with van der Waals surface area (Å²) in [6.07, 6.45) is 4.32. The fourth-order valence-electron chi connectivity index (χ4n) is 4.71. The van der Waals surface area contributed by atoms with Gasteiger partial charge in [-0.2, -0.15) is 0 Å². The molecule has 6 nitrogen and oxygen atoms in total. The van der Waals surface area contributed by atoms with Gasteiger partial charge in [0.1, 0.15) is 5.00 Å². The summed E-state index contributed by atoms with van der Waals surface area (Å²) in [7, 11) is 0. The molecule has 2 aliphatic rings. The monoisotopic (exact) mass is 441 g/mol. The maximum Gasteiger partial charge on any atom is 0.409 e. The molecule has 1 unspecified atom stereocenters. The highest BCUT2D eigenvalue weighted by atomic mass is 32.1. The van der Waals surface area contributed by atoms with Crippen molar-refractivity contribution in [2.24, 2.45) is 0 Å². The Kier molecular flexibility index (Phi) is 6.92. The molecule has 0 radical (unpaired) electrons. The molecule has 1 aliphatic carbocycles. The first-order chi connectivity index (χ1) is 15.1. The summed E-state index contributed by atoms with van der Waals surface area (Å²) < 4.78 is 5.19. The molecule has 1 fully saturated rings. The molecule has 0 spiro atoms. The van der Waals surface area contributed by atoms with Crippen LogP contribution in [-0.4, -0.2) is 54.6 Å². The molecule has 2 aromatic rings. The number of fused-ring (bicyclic) bond motifs is 1. The van der Waals surface area contributed by atoms with E-state index in [9.17, 15) is 9.59 Å². The number of rotatable bonds is 5. The number of anilines is 1. The molecule has 1 aromatic heterocycles. The zero-order valence-electron chi connectivity index (χ0n) is 18.4. The molecule has 31 heavy (non-hydrogen) atoms. The minimum absolute atomic E-state index is 0.0289. The number of benzene rings is 1. The summed E-state index contributed by atoms with van der Waals surface area (Å²) >= 11 is 1.75. The van der Waals surface area contributed by atoms with E-state index < -0.39 is 0 Å². The van der Waals surface area contributed by atoms with Crippen molar-refractivity contribution in [1.82, 2.24) is 9.80 Å². The van der Waals surface area contributed by atoms with E-state index in [1.165, 1.54) is 34.4 Å². The lowest BCUT2D eigenvalue weighted by Gasteiger charge is -2.40. The zero-order chi connectivity index (χ0) is 21.8. The van der Waals surface area contributed by atoms with Crippen LogP contribution in [0.1, 0.15) is 54.3 Å². The highest BCUT2D eigenvalue weighted by Crippen LogP contribution is 2.45. The van der Waals surface area contributed by atoms with Crippen molar-refractivity contribution in [2.45, 2.75) is 45.6 Å². The predicted molar refractivity (Wildman–Crippen MR) is 124 cm³/mol. The molecule has 0 saturated carbocycles. The number of thiophene rings is 1. The van der Waals surface area contributed by atoms with Crippen molar-refractivity contribution in [2.75, 3.05) is 38.1 Å². The number of piperazine rings is 1. The molecule has 1 aromatic carbocycles. The van der Waals surface area contributed by atoms with Gasteiger partial charge < -0.3 is 15.0 Å². The SMILES string of the molecule is CCOC(=O)N1CCN(C(c2ccccc2)c2c(NC(C)=O)sc3c2CCCC3)CC1. The van der Waals surface area contributed by atoms with Crippen molar-refractivity contribution in [3.63, 3.8) is 0 Å². The zero-order valence-corrected chi connectivity index (χ0v) is 19.2. The fourth-order valence-corrected chi connectivity index (χ4v) is 6.07. The molecule has 2 amide bonds. The molecule has 166 valence electrons. The molecule has 1 N–H and O–H groups in total. The maximum absolute atomic E-state index is 12.2. The van der Waals surface area contributed by atoms with Crippen molar-refractivity contribution < 1.29 is 14.3 Å². The van der Waals surface area contributed by atoms with Crippen LogP contribution in [-0.2, 0) is 22.4 Å². The third kappa shape index (κ3) is 4.77. The van der Waals surface area contributed by atoms with E-state index in [1.54, 1.807) is 23.2 Å². The third-order valence-electron chi connectivity index (χ3n) is 6.10. The average molecular weight is 442 g/mol. The van der Waals surface area contributed by atoms with Gasteiger partial charge in [0.25, 0.3) is 0 Å². The average Bonchev–Trinajstić information content (AvgIpc) is 3.12. The molecule has 2 heterocycles. The molecule has 1 atom stereocenters. The van der Waals surface area contributed by atoms with Crippen LogP contribution in [0.25, 0.3) is 0 Å². The van der Waals surface area contributed by atoms with Crippen molar-refractivity contribution in [3.05, 3.63) is 51.9 Å². The van der Waals surface area contributed by atoms with Gasteiger partial charge in [0.15, 0.2) is 0 Å². The Balaban J connectivity index is 1.70. The number of carbonyl (C=O) groups is 2. The van der Waals surface area contributed by atoms with E-state index in [4.69, 9.17) is 4.74 Å². The van der Waals surface area contributed by atoms with Gasteiger partial charge in [0.05, 0.1) is 12.6 Å². The third-order valence-corrected chi connectivity index (χ3v) is 7.32. The second-order valence-electron chi connectivity index (χ2n) is 8.17. The van der Waals surface area contributed by atoms with Crippen LogP contribution in [0, 0.1) is 0 Å². The minimum Gasteiger partial charge on any atom is -0.450 e. The summed E-state index contributed by atoms with van der Waals surface area (Å²) in [6.45, 7) is 6.63. The van der Waals surface area contributed by atoms with Crippen LogP contribution >= 0.6 is 11.3 Å². The Labute approximate surface area is 188 Å². The lowest BCUT2D eigenvalue weighted by Crippen LogP contribution is -2.50. The number of ether oxygens (including phenoxy) is 1. The second kappa shape index (κ2) is 9.83. The maximum atomic E-state index is 12.2. The van der Waals surface area contributed by atoms with Crippen LogP contribution in [0.5, 0.6) is 0 Å². The molecular formula is C24H31N3O3S. The van der Waals surface area contributed by atoms with Crippen LogP contribution in [0.2, 0.25) is 0 Å². The highest BCUT2D eigenvalue weighted by molar-refractivity contribution is 7.16. The van der Waals surface area contributed by atoms with Crippen LogP contribution in [0.3, 0.4) is 0 Å². The standard InChI is InChI=1S/C24H31N3O3S/c1-3-30-24(29)27-15-13-26(14-16-27)22(18-9-5-4-6-10-18)21-19-11-7-8-12-20(19)31-23(21)25-17(2)28/h4-6,9-10,22H,3,7-8,11-16H2,1-2H3,(H,25,28). The predicted octanol–water partition coefficient (Wildman–Crippen LogP) is 4.45. The molecule has 7 heteroatoms. The highest BCUT2D eigenvalue weighted by Gasteiger charge is 2.34. The summed E-state index contributed by atoms with van der Waals surface area (Å²) in [5.41, 5.74) is 3.90. The molecule has 1 aliphatic heterocycles. The Morgan fingerprint density at radius 1 is 1.10 bits per heavy atom. The number of nitrogens with zero attached hydrogens (tertiary/aromatic N) is 2. The Morgan fingerprint density at radius 3 is 2.48 bits per heavy atom. The Hall–Kier alpha value is -2.38. The first-order valence-corrected chi connectivity index (χ1v) is 12.0. The van der Waals surface area contributed by atoms with Gasteiger partial charge in [-0.25, -0.2) is 4.79 Å². The molecule has 4 rings (SSSR count). The van der Waals surface area contributed by atoms with Crippen molar-refractivity contribution >= 4 is 28.3 Å². The molecule has 0 bridgehead atoms. The summed E-state index contributed by atoms with van der Waals surface area (Å²) in [4.78, 5) is 29.9. The lowest BCUT2D eigenvalue weighted by molar-refractivity contribution is -0.114. The first kappa shape index (κ1) is 21.8. The van der Waals surface area contributed by atoms with E-state index in [0.29, 0.717) is 19.7 Å². The van der Waals surface area contributed by atoms with Gasteiger partial charge in [0, 0.05) is 43.5 Å². The number of aryl methyl sites for hydroxylation is 1. The smallest absolute Gasteiger partial charge is 0.409 e. The van der Waals surface area contributed by atoms with E-state index >= 15 is 0 Å². The summed E-state index contributed by atoms with van der Waals surface area (Å²) in [5.74, 6) is -0.0289. The number of hydrogen-bond donors (Lipinski definition) is 1. The normalized spacial score (nSPS) is 17.7. The summed E-state index contributed by atoms with van der Waals surface area (Å²) in [5, 5.41) is 4.12. The first-order valence-electron chi connectivity index (χ1n) is 11.2. The number of hydrogen-bond acceptors (Lipinski definition) is 5. The van der Waals surface area contributed by atoms with Gasteiger partial charge in [-0.3, -0.25) is 9.69 Å². The Bertz CT molecular complexity index is 920. The van der Waals surface area contributed by atoms with Crippen LogP contribution in [0.4, 0.5) is 9.80 Å². The number of nitrogens with one attached hydrogen (secondary N) is 1. The fraction of sp³-hybridized carbons (Fsp3) is 0.500. The van der Waals surface area contributed by atoms with Crippen LogP contribution < -0.4 is 5.32 Å². The minimum atomic E-state index is -0.231. The van der Waals surface area contributed by atoms with Crippen molar-refractivity contribution in [1.29, 1.82) is 0 Å². The van der Waals surface area contributed by atoms with E-state index in [2.05, 4.69) is 34.5 Å². The van der Waals surface area contributed by atoms with E-state index in [1.807, 2.05) is 13.0 Å². The van der Waals surface area contributed by atoms with Crippen molar-refractivity contribution in [3.8, 4) is 0 Å². The quantitative estimate of drug-likeness (QED) is 0.745. The van der Waals surface area contributed by atoms with Gasteiger partial charge in [-0.15, -0.1) is 11.3 Å². The number of amides is 2. The molecular weight excluding hydrogens is 410 g/mol. The lowest BCUT2D eigenvalue weighted by atomic mass is 9.88. The van der Waals surface area contributed by atoms with E-state index in [-0.39, 0.29) is 18.0 Å². The number of carbonyl (C=O) groups excluding carboxylic acids is 2. The topological polar surface area (TPSA) is 61.9 Å². The van der Waals surface area contributed by atoms with Gasteiger partial charge in [0.2, 0.25) is 5.91 Å². The van der Waals surface area contributed by atoms with Gasteiger partial charge >= 0.3 is 6.09 Å². The second-order valence-corrected chi connectivity index (χ2v) is 9.28. The van der Waals surface area contributed by atoms with Gasteiger partial charge in [-0.05, 0) is 43.7 Å². The molecule has 1 saturated heterocycles. The Morgan fingerprint density at radius 2 is 1.81 bits per heavy atom. The largest absolute Gasteiger partial charge is 0.450 e.